The Labute approximate surface area is 174 Å². The second-order valence-corrected chi connectivity index (χ2v) is 8.38. The zero-order chi connectivity index (χ0) is 19.9. The highest BCUT2D eigenvalue weighted by Crippen LogP contribution is 2.20. The molecule has 0 bridgehead atoms. The van der Waals surface area contributed by atoms with Crippen molar-refractivity contribution in [3.63, 3.8) is 0 Å². The van der Waals surface area contributed by atoms with Crippen LogP contribution in [-0.4, -0.2) is 45.6 Å². The molecular formula is C21H25N5O2S. The lowest BCUT2D eigenvalue weighted by molar-refractivity contribution is -0.121. The van der Waals surface area contributed by atoms with E-state index in [-0.39, 0.29) is 5.91 Å². The van der Waals surface area contributed by atoms with Crippen LogP contribution in [0.4, 0.5) is 0 Å². The van der Waals surface area contributed by atoms with Gasteiger partial charge in [0.15, 0.2) is 0 Å². The molecule has 1 aliphatic heterocycles. The molecule has 0 atom stereocenters. The minimum atomic E-state index is 0.0367. The van der Waals surface area contributed by atoms with Crippen molar-refractivity contribution in [1.29, 1.82) is 0 Å². The van der Waals surface area contributed by atoms with E-state index in [1.165, 1.54) is 4.88 Å². The molecule has 0 aliphatic carbocycles. The molecule has 8 heteroatoms. The molecule has 0 saturated carbocycles. The van der Waals surface area contributed by atoms with Crippen LogP contribution in [0.1, 0.15) is 30.0 Å². The van der Waals surface area contributed by atoms with Crippen LogP contribution in [0.15, 0.2) is 46.6 Å². The number of hydrogen-bond donors (Lipinski definition) is 1. The van der Waals surface area contributed by atoms with Crippen LogP contribution in [0.2, 0.25) is 0 Å². The van der Waals surface area contributed by atoms with Crippen LogP contribution in [0.3, 0.4) is 0 Å². The number of amides is 1. The first-order valence-corrected chi connectivity index (χ1v) is 10.9. The summed E-state index contributed by atoms with van der Waals surface area (Å²) in [5.74, 6) is 1.60. The molecule has 4 rings (SSSR count). The molecule has 0 unspecified atom stereocenters. The van der Waals surface area contributed by atoms with Gasteiger partial charge in [-0.15, -0.1) is 11.3 Å². The van der Waals surface area contributed by atoms with Gasteiger partial charge in [-0.05, 0) is 55.4 Å². The van der Waals surface area contributed by atoms with E-state index in [9.17, 15) is 4.79 Å². The van der Waals surface area contributed by atoms with Gasteiger partial charge in [0.05, 0.1) is 0 Å². The first-order valence-electron chi connectivity index (χ1n) is 10.0. The van der Waals surface area contributed by atoms with Crippen molar-refractivity contribution in [2.75, 3.05) is 19.6 Å². The fourth-order valence-electron chi connectivity index (χ4n) is 3.51. The summed E-state index contributed by atoms with van der Waals surface area (Å²) in [5, 5.41) is 9.17. The Morgan fingerprint density at radius 2 is 2.07 bits per heavy atom. The molecule has 1 N–H and O–H groups in total. The van der Waals surface area contributed by atoms with Crippen LogP contribution in [0, 0.1) is 5.92 Å². The molecule has 0 aromatic carbocycles. The fraction of sp³-hybridized carbons (Fsp3) is 0.429. The number of pyridine rings is 1. The lowest BCUT2D eigenvalue weighted by Gasteiger charge is -2.31. The van der Waals surface area contributed by atoms with Crippen LogP contribution < -0.4 is 5.32 Å². The molecule has 0 spiro atoms. The quantitative estimate of drug-likeness (QED) is 0.613. The largest absolute Gasteiger partial charge is 0.356 e. The number of rotatable bonds is 8. The van der Waals surface area contributed by atoms with Crippen molar-refractivity contribution in [2.24, 2.45) is 5.92 Å². The summed E-state index contributed by atoms with van der Waals surface area (Å²) in [6, 6.07) is 7.96. The van der Waals surface area contributed by atoms with Gasteiger partial charge in [0, 0.05) is 48.8 Å². The number of nitrogens with zero attached hydrogens (tertiary/aromatic N) is 4. The Kier molecular flexibility index (Phi) is 6.63. The zero-order valence-corrected chi connectivity index (χ0v) is 17.1. The molecule has 0 radical (unpaired) electrons. The van der Waals surface area contributed by atoms with Crippen molar-refractivity contribution in [3.8, 4) is 11.4 Å². The number of piperidine rings is 1. The molecule has 1 amide bonds. The molecule has 29 heavy (non-hydrogen) atoms. The Morgan fingerprint density at radius 3 is 2.83 bits per heavy atom. The van der Waals surface area contributed by atoms with E-state index in [2.05, 4.69) is 42.9 Å². The van der Waals surface area contributed by atoms with Crippen molar-refractivity contribution >= 4 is 17.2 Å². The summed E-state index contributed by atoms with van der Waals surface area (Å²) >= 11 is 1.82. The van der Waals surface area contributed by atoms with E-state index in [1.54, 1.807) is 12.4 Å². The van der Waals surface area contributed by atoms with Crippen molar-refractivity contribution in [1.82, 2.24) is 25.3 Å². The predicted octanol–water partition coefficient (Wildman–Crippen LogP) is 3.15. The van der Waals surface area contributed by atoms with Gasteiger partial charge < -0.3 is 9.84 Å². The average molecular weight is 412 g/mol. The maximum Gasteiger partial charge on any atom is 0.227 e. The second kappa shape index (κ2) is 9.76. The number of likely N-dealkylation sites (tertiary alicyclic amines) is 1. The summed E-state index contributed by atoms with van der Waals surface area (Å²) in [6.45, 7) is 3.98. The first kappa shape index (κ1) is 19.7. The zero-order valence-electron chi connectivity index (χ0n) is 16.3. The van der Waals surface area contributed by atoms with Gasteiger partial charge in [0.25, 0.3) is 0 Å². The summed E-state index contributed by atoms with van der Waals surface area (Å²) < 4.78 is 5.25. The molecule has 1 aliphatic rings. The minimum Gasteiger partial charge on any atom is -0.356 e. The van der Waals surface area contributed by atoms with E-state index in [1.807, 2.05) is 23.5 Å². The van der Waals surface area contributed by atoms with E-state index < -0.39 is 0 Å². The van der Waals surface area contributed by atoms with Crippen molar-refractivity contribution < 1.29 is 9.32 Å². The van der Waals surface area contributed by atoms with Crippen LogP contribution >= 0.6 is 11.3 Å². The standard InChI is InChI=1S/C21H25N5O2S/c27-19(3-4-20-24-21(25-28-20)17-5-9-22-10-6-17)23-14-16-7-11-26(12-8-16)15-18-2-1-13-29-18/h1-2,5-6,9-10,13,16H,3-4,7-8,11-12,14-15H2,(H,23,27). The maximum absolute atomic E-state index is 12.2. The Hall–Kier alpha value is -2.58. The van der Waals surface area contributed by atoms with E-state index in [0.717, 1.165) is 44.6 Å². The van der Waals surface area contributed by atoms with Gasteiger partial charge in [0.1, 0.15) is 0 Å². The van der Waals surface area contributed by atoms with Crippen LogP contribution in [-0.2, 0) is 17.8 Å². The molecule has 1 saturated heterocycles. The smallest absolute Gasteiger partial charge is 0.227 e. The summed E-state index contributed by atoms with van der Waals surface area (Å²) in [6.07, 6.45) is 6.44. The molecule has 1 fully saturated rings. The predicted molar refractivity (Wildman–Crippen MR) is 111 cm³/mol. The highest BCUT2D eigenvalue weighted by atomic mass is 32.1. The highest BCUT2D eigenvalue weighted by Gasteiger charge is 2.20. The Balaban J connectivity index is 1.14. The van der Waals surface area contributed by atoms with E-state index >= 15 is 0 Å². The average Bonchev–Trinajstić information content (AvgIpc) is 3.45. The topological polar surface area (TPSA) is 84.1 Å². The number of carbonyl (C=O) groups is 1. The molecule has 3 aromatic heterocycles. The van der Waals surface area contributed by atoms with Gasteiger partial charge in [-0.2, -0.15) is 4.98 Å². The number of nitrogens with one attached hydrogen (secondary N) is 1. The second-order valence-electron chi connectivity index (χ2n) is 7.35. The number of thiophene rings is 1. The van der Waals surface area contributed by atoms with Gasteiger partial charge in [-0.3, -0.25) is 14.7 Å². The normalized spacial score (nSPS) is 15.4. The number of aryl methyl sites for hydroxylation is 1. The SMILES string of the molecule is O=C(CCc1nc(-c2ccncc2)no1)NCC1CCN(Cc2cccs2)CC1. The third-order valence-corrected chi connectivity index (χ3v) is 6.09. The highest BCUT2D eigenvalue weighted by molar-refractivity contribution is 7.09. The third kappa shape index (κ3) is 5.71. The lowest BCUT2D eigenvalue weighted by Crippen LogP contribution is -2.38. The Morgan fingerprint density at radius 1 is 1.24 bits per heavy atom. The fourth-order valence-corrected chi connectivity index (χ4v) is 4.26. The minimum absolute atomic E-state index is 0.0367. The Bertz CT molecular complexity index is 889. The third-order valence-electron chi connectivity index (χ3n) is 5.23. The first-order chi connectivity index (χ1) is 14.3. The molecule has 3 aromatic rings. The number of carbonyl (C=O) groups excluding carboxylic acids is 1. The summed E-state index contributed by atoms with van der Waals surface area (Å²) in [4.78, 5) is 24.4. The summed E-state index contributed by atoms with van der Waals surface area (Å²) in [7, 11) is 0. The lowest BCUT2D eigenvalue weighted by atomic mass is 9.96. The van der Waals surface area contributed by atoms with E-state index in [0.29, 0.717) is 30.5 Å². The van der Waals surface area contributed by atoms with Crippen molar-refractivity contribution in [3.05, 3.63) is 52.8 Å². The maximum atomic E-state index is 12.2. The molecular weight excluding hydrogens is 386 g/mol. The summed E-state index contributed by atoms with van der Waals surface area (Å²) in [5.41, 5.74) is 0.852. The van der Waals surface area contributed by atoms with Gasteiger partial charge in [-0.1, -0.05) is 11.2 Å². The van der Waals surface area contributed by atoms with Crippen LogP contribution in [0.25, 0.3) is 11.4 Å². The van der Waals surface area contributed by atoms with Crippen LogP contribution in [0.5, 0.6) is 0 Å². The molecule has 4 heterocycles. The van der Waals surface area contributed by atoms with E-state index in [4.69, 9.17) is 4.52 Å². The molecule has 152 valence electrons. The van der Waals surface area contributed by atoms with Crippen molar-refractivity contribution in [2.45, 2.75) is 32.2 Å². The number of hydrogen-bond acceptors (Lipinski definition) is 7. The van der Waals surface area contributed by atoms with Gasteiger partial charge in [0.2, 0.25) is 17.6 Å². The monoisotopic (exact) mass is 411 g/mol. The van der Waals surface area contributed by atoms with Gasteiger partial charge >= 0.3 is 0 Å². The number of aromatic nitrogens is 3. The molecule has 7 nitrogen and oxygen atoms in total. The van der Waals surface area contributed by atoms with Gasteiger partial charge in [-0.25, -0.2) is 0 Å².